The van der Waals surface area contributed by atoms with Crippen molar-refractivity contribution < 1.29 is 4.79 Å². The summed E-state index contributed by atoms with van der Waals surface area (Å²) in [6.07, 6.45) is 4.11. The van der Waals surface area contributed by atoms with Crippen LogP contribution in [-0.2, 0) is 11.2 Å². The van der Waals surface area contributed by atoms with Crippen LogP contribution >= 0.6 is 0 Å². The van der Waals surface area contributed by atoms with Crippen LogP contribution in [0.5, 0.6) is 0 Å². The molecule has 0 aliphatic rings. The van der Waals surface area contributed by atoms with Gasteiger partial charge in [-0.3, -0.25) is 4.79 Å². The lowest BCUT2D eigenvalue weighted by atomic mass is 10.2. The average Bonchev–Trinajstić information content (AvgIpc) is 2.78. The number of hydrogen-bond donors (Lipinski definition) is 1. The molecule has 0 saturated carbocycles. The predicted octanol–water partition coefficient (Wildman–Crippen LogP) is 0.682. The minimum absolute atomic E-state index is 0.0383. The first-order valence-electron chi connectivity index (χ1n) is 6.00. The van der Waals surface area contributed by atoms with Crippen LogP contribution in [-0.4, -0.2) is 39.8 Å². The van der Waals surface area contributed by atoms with Gasteiger partial charge in [0, 0.05) is 32.0 Å². The van der Waals surface area contributed by atoms with E-state index in [1.807, 2.05) is 41.9 Å². The molecule has 1 atom stereocenters. The Morgan fingerprint density at radius 3 is 3.00 bits per heavy atom. The van der Waals surface area contributed by atoms with Crippen LogP contribution in [0.2, 0.25) is 0 Å². The van der Waals surface area contributed by atoms with E-state index in [4.69, 9.17) is 5.73 Å². The monoisotopic (exact) mass is 246 g/mol. The van der Waals surface area contributed by atoms with Gasteiger partial charge < -0.3 is 15.0 Å². The molecule has 2 aromatic rings. The lowest BCUT2D eigenvalue weighted by Crippen LogP contribution is -2.40. The van der Waals surface area contributed by atoms with E-state index >= 15 is 0 Å². The summed E-state index contributed by atoms with van der Waals surface area (Å²) in [6, 6.07) is 5.83. The van der Waals surface area contributed by atoms with Crippen molar-refractivity contribution in [2.75, 3.05) is 13.6 Å². The molecular formula is C13H18N4O. The van der Waals surface area contributed by atoms with E-state index in [2.05, 4.69) is 4.98 Å². The van der Waals surface area contributed by atoms with Crippen molar-refractivity contribution >= 4 is 11.6 Å². The summed E-state index contributed by atoms with van der Waals surface area (Å²) in [5, 5.41) is 0. The van der Waals surface area contributed by atoms with Crippen LogP contribution in [0.4, 0.5) is 0 Å². The van der Waals surface area contributed by atoms with Gasteiger partial charge in [0.15, 0.2) is 0 Å². The smallest absolute Gasteiger partial charge is 0.228 e. The highest BCUT2D eigenvalue weighted by molar-refractivity contribution is 5.78. The predicted molar refractivity (Wildman–Crippen MR) is 70.2 cm³/mol. The van der Waals surface area contributed by atoms with Gasteiger partial charge in [0.05, 0.1) is 12.1 Å². The molecule has 0 radical (unpaired) electrons. The Kier molecular flexibility index (Phi) is 3.62. The summed E-state index contributed by atoms with van der Waals surface area (Å²) in [5.74, 6) is 0.0383. The van der Waals surface area contributed by atoms with E-state index in [0.717, 1.165) is 11.3 Å². The molecule has 96 valence electrons. The molecule has 1 unspecified atom stereocenters. The van der Waals surface area contributed by atoms with Gasteiger partial charge in [-0.25, -0.2) is 4.98 Å². The fourth-order valence-corrected chi connectivity index (χ4v) is 1.76. The Bertz CT molecular complexity index is 516. The number of likely N-dealkylation sites (N-methyl/N-ethyl adjacent to an activating group) is 1. The maximum Gasteiger partial charge on any atom is 0.228 e. The van der Waals surface area contributed by atoms with Crippen LogP contribution in [0.25, 0.3) is 5.65 Å². The summed E-state index contributed by atoms with van der Waals surface area (Å²) in [5.41, 5.74) is 7.19. The highest BCUT2D eigenvalue weighted by atomic mass is 16.2. The molecule has 0 bridgehead atoms. The number of rotatable bonds is 4. The van der Waals surface area contributed by atoms with Crippen LogP contribution in [0.15, 0.2) is 30.6 Å². The van der Waals surface area contributed by atoms with Crippen molar-refractivity contribution in [3.8, 4) is 0 Å². The standard InChI is InChI=1S/C13H18N4O/c1-10(8-14)16(2)13(18)7-11-9-17-6-4-3-5-12(17)15-11/h3-6,9-10H,7-8,14H2,1-2H3. The minimum atomic E-state index is 0.0383. The van der Waals surface area contributed by atoms with Gasteiger partial charge in [0.2, 0.25) is 5.91 Å². The fraction of sp³-hybridized carbons (Fsp3) is 0.385. The molecule has 0 aromatic carbocycles. The van der Waals surface area contributed by atoms with Crippen LogP contribution in [0.1, 0.15) is 12.6 Å². The summed E-state index contributed by atoms with van der Waals surface area (Å²) >= 11 is 0. The molecule has 2 heterocycles. The molecule has 0 aliphatic heterocycles. The molecule has 2 aromatic heterocycles. The number of nitrogens with two attached hydrogens (primary N) is 1. The van der Waals surface area contributed by atoms with Crippen LogP contribution in [0.3, 0.4) is 0 Å². The normalized spacial score (nSPS) is 12.6. The van der Waals surface area contributed by atoms with Gasteiger partial charge in [-0.05, 0) is 19.1 Å². The zero-order chi connectivity index (χ0) is 13.1. The molecule has 0 spiro atoms. The Balaban J connectivity index is 2.11. The molecule has 1 amide bonds. The first-order valence-corrected chi connectivity index (χ1v) is 6.00. The van der Waals surface area contributed by atoms with Gasteiger partial charge in [-0.1, -0.05) is 6.07 Å². The van der Waals surface area contributed by atoms with E-state index in [0.29, 0.717) is 13.0 Å². The number of nitrogens with zero attached hydrogens (tertiary/aromatic N) is 3. The van der Waals surface area contributed by atoms with Gasteiger partial charge in [0.25, 0.3) is 0 Å². The highest BCUT2D eigenvalue weighted by Crippen LogP contribution is 2.07. The number of aromatic nitrogens is 2. The van der Waals surface area contributed by atoms with Gasteiger partial charge in [-0.15, -0.1) is 0 Å². The largest absolute Gasteiger partial charge is 0.341 e. The van der Waals surface area contributed by atoms with Crippen molar-refractivity contribution in [1.29, 1.82) is 0 Å². The minimum Gasteiger partial charge on any atom is -0.341 e. The van der Waals surface area contributed by atoms with Crippen LogP contribution < -0.4 is 5.73 Å². The SMILES string of the molecule is CC(CN)N(C)C(=O)Cc1cn2ccccc2n1. The lowest BCUT2D eigenvalue weighted by Gasteiger charge is -2.23. The number of pyridine rings is 1. The molecule has 2 rings (SSSR count). The van der Waals surface area contributed by atoms with Gasteiger partial charge >= 0.3 is 0 Å². The van der Waals surface area contributed by atoms with Crippen molar-refractivity contribution in [2.24, 2.45) is 5.73 Å². The topological polar surface area (TPSA) is 63.6 Å². The van der Waals surface area contributed by atoms with E-state index in [1.54, 1.807) is 11.9 Å². The maximum absolute atomic E-state index is 12.0. The van der Waals surface area contributed by atoms with Gasteiger partial charge in [0.1, 0.15) is 5.65 Å². The number of carbonyl (C=O) groups is 1. The number of fused-ring (bicyclic) bond motifs is 1. The Morgan fingerprint density at radius 1 is 1.56 bits per heavy atom. The zero-order valence-electron chi connectivity index (χ0n) is 10.7. The van der Waals surface area contributed by atoms with Crippen molar-refractivity contribution in [3.63, 3.8) is 0 Å². The third kappa shape index (κ3) is 2.51. The molecule has 5 nitrogen and oxygen atoms in total. The van der Waals surface area contributed by atoms with E-state index in [1.165, 1.54) is 0 Å². The number of carbonyl (C=O) groups excluding carboxylic acids is 1. The third-order valence-electron chi connectivity index (χ3n) is 3.14. The van der Waals surface area contributed by atoms with Crippen molar-refractivity contribution in [1.82, 2.24) is 14.3 Å². The second-order valence-electron chi connectivity index (χ2n) is 4.46. The molecular weight excluding hydrogens is 228 g/mol. The number of hydrogen-bond acceptors (Lipinski definition) is 3. The summed E-state index contributed by atoms with van der Waals surface area (Å²) in [4.78, 5) is 18.1. The van der Waals surface area contributed by atoms with Crippen molar-refractivity contribution in [2.45, 2.75) is 19.4 Å². The summed E-state index contributed by atoms with van der Waals surface area (Å²) in [7, 11) is 1.77. The molecule has 5 heteroatoms. The molecule has 18 heavy (non-hydrogen) atoms. The maximum atomic E-state index is 12.0. The van der Waals surface area contributed by atoms with E-state index in [-0.39, 0.29) is 11.9 Å². The zero-order valence-corrected chi connectivity index (χ0v) is 10.7. The number of amides is 1. The highest BCUT2D eigenvalue weighted by Gasteiger charge is 2.16. The Labute approximate surface area is 106 Å². The first kappa shape index (κ1) is 12.6. The summed E-state index contributed by atoms with van der Waals surface area (Å²) < 4.78 is 1.91. The van der Waals surface area contributed by atoms with Gasteiger partial charge in [-0.2, -0.15) is 0 Å². The Morgan fingerprint density at radius 2 is 2.33 bits per heavy atom. The first-order chi connectivity index (χ1) is 8.61. The molecule has 2 N–H and O–H groups in total. The third-order valence-corrected chi connectivity index (χ3v) is 3.14. The molecule has 0 saturated heterocycles. The Hall–Kier alpha value is -1.88. The van der Waals surface area contributed by atoms with Crippen molar-refractivity contribution in [3.05, 3.63) is 36.3 Å². The average molecular weight is 246 g/mol. The number of imidazole rings is 1. The summed E-state index contributed by atoms with van der Waals surface area (Å²) in [6.45, 7) is 2.40. The molecule has 0 fully saturated rings. The van der Waals surface area contributed by atoms with E-state index in [9.17, 15) is 4.79 Å². The lowest BCUT2D eigenvalue weighted by molar-refractivity contribution is -0.130. The fourth-order valence-electron chi connectivity index (χ4n) is 1.76. The quantitative estimate of drug-likeness (QED) is 0.863. The van der Waals surface area contributed by atoms with Crippen LogP contribution in [0, 0.1) is 0 Å². The second kappa shape index (κ2) is 5.18. The van der Waals surface area contributed by atoms with E-state index < -0.39 is 0 Å². The molecule has 0 aliphatic carbocycles. The second-order valence-corrected chi connectivity index (χ2v) is 4.46.